The third-order valence-electron chi connectivity index (χ3n) is 2.79. The van der Waals surface area contributed by atoms with E-state index in [1.165, 1.54) is 44.9 Å². The average Bonchev–Trinajstić information content (AvgIpc) is 2.24. The molecule has 0 spiro atoms. The zero-order chi connectivity index (χ0) is 13.0. The molecule has 4 nitrogen and oxygen atoms in total. The fraction of sp³-hybridized carbons (Fsp3) is 1.00. The Bertz CT molecular complexity index is 165. The molecule has 3 N–H and O–H groups in total. The van der Waals surface area contributed by atoms with Gasteiger partial charge in [0.1, 0.15) is 0 Å². The molecule has 0 aliphatic heterocycles. The molecule has 0 aliphatic rings. The van der Waals surface area contributed by atoms with Gasteiger partial charge in [0.05, 0.1) is 0 Å². The minimum absolute atomic E-state index is 0. The van der Waals surface area contributed by atoms with Crippen LogP contribution in [0.3, 0.4) is 0 Å². The van der Waals surface area contributed by atoms with E-state index < -0.39 is 9.05 Å². The summed E-state index contributed by atoms with van der Waals surface area (Å²) < 4.78 is 4.51. The Morgan fingerprint density at radius 3 is 1.50 bits per heavy atom. The molecule has 0 atom stereocenters. The van der Waals surface area contributed by atoms with E-state index in [1.807, 2.05) is 0 Å². The fourth-order valence-electron chi connectivity index (χ4n) is 1.80. The number of hydrogen-bond donors (Lipinski definition) is 3. The summed E-state index contributed by atoms with van der Waals surface area (Å²) in [4.78, 5) is 25.8. The van der Waals surface area contributed by atoms with Gasteiger partial charge in [0.15, 0.2) is 0 Å². The van der Waals surface area contributed by atoms with Gasteiger partial charge in [-0.05, 0) is 6.42 Å². The van der Waals surface area contributed by atoms with E-state index in [-0.39, 0.29) is 58.0 Å². The summed E-state index contributed by atoms with van der Waals surface area (Å²) in [5.74, 6) is 0. The Morgan fingerprint density at radius 2 is 1.11 bits per heavy atom. The summed E-state index contributed by atoms with van der Waals surface area (Å²) in [5.41, 5.74) is 0. The topological polar surface area (TPSA) is 69.9 Å². The van der Waals surface area contributed by atoms with E-state index in [9.17, 15) is 0 Å². The Labute approximate surface area is 155 Å². The first-order valence-electron chi connectivity index (χ1n) is 6.87. The van der Waals surface area contributed by atoms with E-state index in [4.69, 9.17) is 14.4 Å². The first kappa shape index (κ1) is 22.0. The monoisotopic (exact) mass is 304 g/mol. The second-order valence-corrected chi connectivity index (χ2v) is 6.04. The van der Waals surface area contributed by atoms with Crippen LogP contribution in [-0.4, -0.2) is 81.4 Å². The molecule has 0 heterocycles. The van der Waals surface area contributed by atoms with Crippen LogP contribution in [0.25, 0.3) is 0 Å². The average molecular weight is 305 g/mol. The van der Waals surface area contributed by atoms with Gasteiger partial charge in [-0.15, -0.1) is 0 Å². The van der Waals surface area contributed by atoms with Gasteiger partial charge in [-0.1, -0.05) is 64.7 Å². The van der Waals surface area contributed by atoms with Crippen molar-refractivity contribution in [2.45, 2.75) is 71.1 Å². The zero-order valence-corrected chi connectivity index (χ0v) is 12.0. The summed E-state index contributed by atoms with van der Waals surface area (Å²) in [6, 6.07) is 0. The van der Waals surface area contributed by atoms with Gasteiger partial charge in [0.2, 0.25) is 0 Å². The Kier molecular flexibility index (Phi) is 18.4. The molecule has 0 fully saturated rings. The molecule has 0 aromatic heterocycles. The van der Waals surface area contributed by atoms with Gasteiger partial charge in [0, 0.05) is 6.61 Å². The molecule has 0 aromatic carbocycles. The maximum absolute atomic E-state index is 8.59. The van der Waals surface area contributed by atoms with Crippen LogP contribution in [0.1, 0.15) is 71.1 Å². The van der Waals surface area contributed by atoms with Crippen LogP contribution in [-0.2, 0) is 4.43 Å². The van der Waals surface area contributed by atoms with Crippen molar-refractivity contribution in [1.29, 1.82) is 0 Å². The summed E-state index contributed by atoms with van der Waals surface area (Å²) in [5, 5.41) is 0. The summed E-state index contributed by atoms with van der Waals surface area (Å²) in [6.07, 6.45) is 12.2. The fourth-order valence-corrected chi connectivity index (χ4v) is 2.22. The Hall–Kier alpha value is 1.69. The van der Waals surface area contributed by atoms with Gasteiger partial charge in [-0.25, -0.2) is 0 Å². The second kappa shape index (κ2) is 15.1. The Balaban J connectivity index is 0. The summed E-state index contributed by atoms with van der Waals surface area (Å²) in [7, 11) is -4.25. The summed E-state index contributed by atoms with van der Waals surface area (Å²) in [6.45, 7) is 2.47. The van der Waals surface area contributed by atoms with E-state index in [1.54, 1.807) is 0 Å². The standard InChI is InChI=1S/C12H28O4Si.K.H/c1-2-3-4-5-6-7-8-9-10-11-12-16-17(13,14)15;;/h13-15H,2-12H2,1H3;;. The van der Waals surface area contributed by atoms with Crippen LogP contribution in [0, 0.1) is 0 Å². The predicted molar refractivity (Wildman–Crippen MR) is 77.4 cm³/mol. The zero-order valence-electron chi connectivity index (χ0n) is 11.0. The third-order valence-corrected chi connectivity index (χ3v) is 3.39. The minimum atomic E-state index is -4.25. The molecule has 0 unspecified atom stereocenters. The van der Waals surface area contributed by atoms with Gasteiger partial charge in [0.25, 0.3) is 0 Å². The number of hydrogen-bond acceptors (Lipinski definition) is 4. The molecule has 0 bridgehead atoms. The van der Waals surface area contributed by atoms with Gasteiger partial charge in [-0.2, -0.15) is 0 Å². The van der Waals surface area contributed by atoms with Crippen LogP contribution in [0.4, 0.5) is 0 Å². The van der Waals surface area contributed by atoms with E-state index in [2.05, 4.69) is 11.3 Å². The quantitative estimate of drug-likeness (QED) is 0.379. The van der Waals surface area contributed by atoms with Crippen LogP contribution >= 0.6 is 0 Å². The van der Waals surface area contributed by atoms with E-state index >= 15 is 0 Å². The van der Waals surface area contributed by atoms with Crippen LogP contribution < -0.4 is 0 Å². The molecule has 0 saturated heterocycles. The van der Waals surface area contributed by atoms with Gasteiger partial charge < -0.3 is 18.8 Å². The van der Waals surface area contributed by atoms with Crippen molar-refractivity contribution in [3.8, 4) is 0 Å². The molecular weight excluding hydrogens is 275 g/mol. The number of rotatable bonds is 12. The molecule has 0 rings (SSSR count). The van der Waals surface area contributed by atoms with Crippen LogP contribution in [0.15, 0.2) is 0 Å². The third kappa shape index (κ3) is 20.0. The van der Waals surface area contributed by atoms with Crippen LogP contribution in [0.2, 0.25) is 0 Å². The molecule has 0 radical (unpaired) electrons. The molecule has 6 heteroatoms. The van der Waals surface area contributed by atoms with E-state index in [0.29, 0.717) is 0 Å². The van der Waals surface area contributed by atoms with Crippen molar-refractivity contribution in [2.75, 3.05) is 6.61 Å². The van der Waals surface area contributed by atoms with Gasteiger partial charge in [-0.3, -0.25) is 0 Å². The normalized spacial score (nSPS) is 11.3. The number of unbranched alkanes of at least 4 members (excludes halogenated alkanes) is 9. The molecule has 106 valence electrons. The maximum atomic E-state index is 8.59. The predicted octanol–water partition coefficient (Wildman–Crippen LogP) is 1.69. The van der Waals surface area contributed by atoms with E-state index in [0.717, 1.165) is 19.3 Å². The first-order chi connectivity index (χ1) is 8.06. The molecular formula is C12H29KO4Si. The summed E-state index contributed by atoms with van der Waals surface area (Å²) >= 11 is 0. The van der Waals surface area contributed by atoms with Crippen molar-refractivity contribution in [1.82, 2.24) is 0 Å². The molecule has 18 heavy (non-hydrogen) atoms. The molecule has 0 saturated carbocycles. The Morgan fingerprint density at radius 1 is 0.722 bits per heavy atom. The van der Waals surface area contributed by atoms with Gasteiger partial charge >= 0.3 is 60.4 Å². The molecule has 0 aliphatic carbocycles. The van der Waals surface area contributed by atoms with Crippen molar-refractivity contribution < 1.29 is 18.8 Å². The van der Waals surface area contributed by atoms with Crippen molar-refractivity contribution >= 4 is 60.4 Å². The van der Waals surface area contributed by atoms with Crippen molar-refractivity contribution in [3.63, 3.8) is 0 Å². The molecule has 0 amide bonds. The second-order valence-electron chi connectivity index (χ2n) is 4.60. The van der Waals surface area contributed by atoms with Crippen molar-refractivity contribution in [2.24, 2.45) is 0 Å². The molecule has 0 aromatic rings. The SMILES string of the molecule is CCCCCCCCCCCCO[Si](O)(O)O.[KH]. The first-order valence-corrected chi connectivity index (χ1v) is 8.62. The van der Waals surface area contributed by atoms with Crippen molar-refractivity contribution in [3.05, 3.63) is 0 Å². The van der Waals surface area contributed by atoms with Crippen LogP contribution in [0.5, 0.6) is 0 Å².